The summed E-state index contributed by atoms with van der Waals surface area (Å²) in [6.07, 6.45) is 2.70. The summed E-state index contributed by atoms with van der Waals surface area (Å²) in [4.78, 5) is 6.97. The van der Waals surface area contributed by atoms with Gasteiger partial charge in [0.25, 0.3) is 0 Å². The van der Waals surface area contributed by atoms with E-state index in [2.05, 4.69) is 68.6 Å². The number of nitrogen functional groups attached to an aromatic ring is 1. The number of aliphatic hydroxyl groups is 1. The van der Waals surface area contributed by atoms with Crippen LogP contribution >= 0.6 is 0 Å². The van der Waals surface area contributed by atoms with E-state index < -0.39 is 5.60 Å². The van der Waals surface area contributed by atoms with Gasteiger partial charge >= 0.3 is 0 Å². The zero-order valence-corrected chi connectivity index (χ0v) is 19.8. The second-order valence-corrected chi connectivity index (χ2v) is 9.67. The van der Waals surface area contributed by atoms with Crippen LogP contribution in [-0.2, 0) is 12.0 Å². The first-order valence-electron chi connectivity index (χ1n) is 11.9. The predicted octanol–water partition coefficient (Wildman–Crippen LogP) is 4.81. The molecule has 1 aliphatic rings. The van der Waals surface area contributed by atoms with Crippen molar-refractivity contribution in [1.82, 2.24) is 15.2 Å². The quantitative estimate of drug-likeness (QED) is 0.451. The normalized spacial score (nSPS) is 15.1. The second kappa shape index (κ2) is 9.03. The highest BCUT2D eigenvalue weighted by molar-refractivity contribution is 5.93. The number of nitrogens with zero attached hydrogens (tertiary/aromatic N) is 4. The predicted molar refractivity (Wildman–Crippen MR) is 137 cm³/mol. The average molecular weight is 454 g/mol. The van der Waals surface area contributed by atoms with Crippen LogP contribution in [0, 0.1) is 0 Å². The van der Waals surface area contributed by atoms with Crippen LogP contribution in [0.15, 0.2) is 66.7 Å². The van der Waals surface area contributed by atoms with Crippen molar-refractivity contribution in [2.45, 2.75) is 44.6 Å². The van der Waals surface area contributed by atoms with Crippen molar-refractivity contribution < 1.29 is 5.11 Å². The summed E-state index contributed by atoms with van der Waals surface area (Å²) in [6, 6.07) is 22.8. The van der Waals surface area contributed by atoms with Crippen molar-refractivity contribution in [3.63, 3.8) is 0 Å². The fourth-order valence-electron chi connectivity index (χ4n) is 4.92. The number of rotatable bonds is 5. The molecule has 5 rings (SSSR count). The third kappa shape index (κ3) is 4.46. The number of fused-ring (bicyclic) bond motifs is 1. The first-order valence-corrected chi connectivity index (χ1v) is 11.9. The maximum atomic E-state index is 10.3. The van der Waals surface area contributed by atoms with E-state index in [0.29, 0.717) is 17.3 Å². The Kier molecular flexibility index (Phi) is 5.92. The summed E-state index contributed by atoms with van der Waals surface area (Å²) >= 11 is 0. The number of anilines is 2. The topological polar surface area (TPSA) is 88.2 Å². The third-order valence-corrected chi connectivity index (χ3v) is 6.78. The van der Waals surface area contributed by atoms with E-state index in [1.165, 1.54) is 5.56 Å². The van der Waals surface area contributed by atoms with E-state index in [-0.39, 0.29) is 0 Å². The van der Waals surface area contributed by atoms with Gasteiger partial charge in [-0.25, -0.2) is 4.98 Å². The van der Waals surface area contributed by atoms with Gasteiger partial charge in [0, 0.05) is 47.5 Å². The first-order chi connectivity index (χ1) is 16.4. The van der Waals surface area contributed by atoms with E-state index in [9.17, 15) is 5.11 Å². The Morgan fingerprint density at radius 1 is 0.912 bits per heavy atom. The highest BCUT2D eigenvalue weighted by atomic mass is 16.3. The molecule has 1 saturated heterocycles. The lowest BCUT2D eigenvalue weighted by atomic mass is 9.91. The summed E-state index contributed by atoms with van der Waals surface area (Å²) in [5.74, 6) is 1.71. The summed E-state index contributed by atoms with van der Waals surface area (Å²) in [5, 5.41) is 21.9. The molecule has 174 valence electrons. The Bertz CT molecular complexity index is 1290. The number of piperidine rings is 1. The van der Waals surface area contributed by atoms with Crippen LogP contribution in [0.25, 0.3) is 10.8 Å². The molecule has 2 aromatic carbocycles. The molecule has 0 aliphatic carbocycles. The lowest BCUT2D eigenvalue weighted by Crippen LogP contribution is -2.34. The maximum Gasteiger partial charge on any atom is 0.159 e. The highest BCUT2D eigenvalue weighted by Crippen LogP contribution is 2.34. The fraction of sp³-hybridized carbons (Fsp3) is 0.321. The van der Waals surface area contributed by atoms with Crippen LogP contribution < -0.4 is 10.6 Å². The molecule has 0 amide bonds. The van der Waals surface area contributed by atoms with Crippen molar-refractivity contribution in [3.05, 3.63) is 89.2 Å². The smallest absolute Gasteiger partial charge is 0.159 e. The van der Waals surface area contributed by atoms with E-state index in [1.54, 1.807) is 13.8 Å². The van der Waals surface area contributed by atoms with Gasteiger partial charge in [0.1, 0.15) is 5.82 Å². The van der Waals surface area contributed by atoms with E-state index in [0.717, 1.165) is 60.3 Å². The standard InChI is InChI=1S/C28H31N5O/c1-28(2,34)23-12-13-24(30-26(23)29)20-14-16-33(17-15-20)27-22-11-7-6-10-21(22)25(31-32-27)18-19-8-4-3-5-9-19/h3-13,20,34H,14-18H2,1-2H3,(H2,29,30). The monoisotopic (exact) mass is 453 g/mol. The molecule has 3 heterocycles. The van der Waals surface area contributed by atoms with Crippen LogP contribution in [0.5, 0.6) is 0 Å². The van der Waals surface area contributed by atoms with Gasteiger partial charge in [-0.2, -0.15) is 5.10 Å². The molecule has 6 heteroatoms. The average Bonchev–Trinajstić information content (AvgIpc) is 2.84. The molecule has 0 bridgehead atoms. The van der Waals surface area contributed by atoms with Gasteiger partial charge in [-0.15, -0.1) is 5.10 Å². The zero-order valence-electron chi connectivity index (χ0n) is 19.8. The third-order valence-electron chi connectivity index (χ3n) is 6.78. The number of hydrogen-bond acceptors (Lipinski definition) is 6. The zero-order chi connectivity index (χ0) is 23.7. The minimum atomic E-state index is -0.995. The number of benzene rings is 2. The van der Waals surface area contributed by atoms with Gasteiger partial charge in [0.15, 0.2) is 5.82 Å². The van der Waals surface area contributed by atoms with Crippen molar-refractivity contribution >= 4 is 22.4 Å². The Balaban J connectivity index is 1.35. The Hall–Kier alpha value is -3.51. The van der Waals surface area contributed by atoms with Crippen molar-refractivity contribution in [3.8, 4) is 0 Å². The van der Waals surface area contributed by atoms with Gasteiger partial charge in [0.05, 0.1) is 11.3 Å². The Morgan fingerprint density at radius 3 is 2.26 bits per heavy atom. The molecule has 0 spiro atoms. The molecule has 0 radical (unpaired) electrons. The first kappa shape index (κ1) is 22.3. The second-order valence-electron chi connectivity index (χ2n) is 9.67. The number of aromatic nitrogens is 3. The molecule has 0 atom stereocenters. The Labute approximate surface area is 200 Å². The highest BCUT2D eigenvalue weighted by Gasteiger charge is 2.26. The lowest BCUT2D eigenvalue weighted by Gasteiger charge is -2.33. The summed E-state index contributed by atoms with van der Waals surface area (Å²) in [7, 11) is 0. The van der Waals surface area contributed by atoms with Crippen LogP contribution in [0.2, 0.25) is 0 Å². The summed E-state index contributed by atoms with van der Waals surface area (Å²) in [5.41, 5.74) is 9.08. The van der Waals surface area contributed by atoms with Crippen LogP contribution in [0.3, 0.4) is 0 Å². The SMILES string of the molecule is CC(C)(O)c1ccc(C2CCN(c3nnc(Cc4ccccc4)c4ccccc34)CC2)nc1N. The summed E-state index contributed by atoms with van der Waals surface area (Å²) < 4.78 is 0. The molecule has 1 aliphatic heterocycles. The molecular weight excluding hydrogens is 422 g/mol. The number of hydrogen-bond donors (Lipinski definition) is 2. The van der Waals surface area contributed by atoms with Crippen LogP contribution in [-0.4, -0.2) is 33.4 Å². The minimum absolute atomic E-state index is 0.339. The molecule has 6 nitrogen and oxygen atoms in total. The van der Waals surface area contributed by atoms with Gasteiger partial charge < -0.3 is 15.7 Å². The molecule has 3 N–H and O–H groups in total. The van der Waals surface area contributed by atoms with Crippen LogP contribution in [0.4, 0.5) is 11.6 Å². The number of pyridine rings is 1. The molecule has 0 saturated carbocycles. The molecule has 4 aromatic rings. The van der Waals surface area contributed by atoms with Crippen molar-refractivity contribution in [2.24, 2.45) is 0 Å². The van der Waals surface area contributed by atoms with Crippen molar-refractivity contribution in [2.75, 3.05) is 23.7 Å². The van der Waals surface area contributed by atoms with Crippen molar-refractivity contribution in [1.29, 1.82) is 0 Å². The molecular formula is C28H31N5O. The van der Waals surface area contributed by atoms with Gasteiger partial charge in [-0.05, 0) is 38.3 Å². The van der Waals surface area contributed by atoms with E-state index >= 15 is 0 Å². The summed E-state index contributed by atoms with van der Waals surface area (Å²) in [6.45, 7) is 5.23. The molecule has 1 fully saturated rings. The molecule has 0 unspecified atom stereocenters. The van der Waals surface area contributed by atoms with Gasteiger partial charge in [-0.1, -0.05) is 60.7 Å². The number of nitrogens with two attached hydrogens (primary N) is 1. The van der Waals surface area contributed by atoms with Gasteiger partial charge in [0.2, 0.25) is 0 Å². The Morgan fingerprint density at radius 2 is 1.59 bits per heavy atom. The molecule has 34 heavy (non-hydrogen) atoms. The van der Waals surface area contributed by atoms with Gasteiger partial charge in [-0.3, -0.25) is 0 Å². The van der Waals surface area contributed by atoms with Crippen LogP contribution in [0.1, 0.15) is 55.1 Å². The largest absolute Gasteiger partial charge is 0.386 e. The maximum absolute atomic E-state index is 10.3. The fourth-order valence-corrected chi connectivity index (χ4v) is 4.92. The van der Waals surface area contributed by atoms with E-state index in [1.807, 2.05) is 18.2 Å². The minimum Gasteiger partial charge on any atom is -0.386 e. The van der Waals surface area contributed by atoms with E-state index in [4.69, 9.17) is 5.73 Å². The lowest BCUT2D eigenvalue weighted by molar-refractivity contribution is 0.0790. The molecule has 2 aromatic heterocycles.